The molecule has 0 amide bonds. The van der Waals surface area contributed by atoms with E-state index in [9.17, 15) is 0 Å². The van der Waals surface area contributed by atoms with E-state index in [1.165, 1.54) is 81.9 Å². The number of nitrogens with zero attached hydrogens (tertiary/aromatic N) is 1. The van der Waals surface area contributed by atoms with E-state index in [4.69, 9.17) is 5.73 Å². The van der Waals surface area contributed by atoms with Gasteiger partial charge in [0.05, 0.1) is 0 Å². The summed E-state index contributed by atoms with van der Waals surface area (Å²) in [5.74, 6) is 0. The zero-order valence-corrected chi connectivity index (χ0v) is 20.3. The smallest absolute Gasteiger partial charge is 0.0237 e. The maximum Gasteiger partial charge on any atom is 0.0237 e. The Morgan fingerprint density at radius 3 is 1.47 bits per heavy atom. The Hall–Kier alpha value is -1.68. The van der Waals surface area contributed by atoms with Crippen LogP contribution in [0, 0.1) is 0 Å². The van der Waals surface area contributed by atoms with Crippen LogP contribution >= 0.6 is 0 Å². The van der Waals surface area contributed by atoms with Gasteiger partial charge in [0.15, 0.2) is 0 Å². The molecule has 3 N–H and O–H groups in total. The van der Waals surface area contributed by atoms with Gasteiger partial charge in [-0.25, -0.2) is 0 Å². The predicted molar refractivity (Wildman–Crippen MR) is 140 cm³/mol. The summed E-state index contributed by atoms with van der Waals surface area (Å²) in [7, 11) is 0. The molecule has 2 aromatic rings. The van der Waals surface area contributed by atoms with Crippen LogP contribution in [0.15, 0.2) is 60.7 Å². The molecule has 0 unspecified atom stereocenters. The van der Waals surface area contributed by atoms with Crippen molar-refractivity contribution < 1.29 is 0 Å². The lowest BCUT2D eigenvalue weighted by Gasteiger charge is -2.22. The molecule has 0 aliphatic carbocycles. The van der Waals surface area contributed by atoms with Gasteiger partial charge in [-0.05, 0) is 56.6 Å². The zero-order chi connectivity index (χ0) is 22.5. The van der Waals surface area contributed by atoms with E-state index in [0.29, 0.717) is 0 Å². The molecule has 0 aliphatic heterocycles. The van der Waals surface area contributed by atoms with Crippen LogP contribution in [0.25, 0.3) is 0 Å². The van der Waals surface area contributed by atoms with Gasteiger partial charge in [-0.3, -0.25) is 4.90 Å². The summed E-state index contributed by atoms with van der Waals surface area (Å²) < 4.78 is 0. The van der Waals surface area contributed by atoms with Crippen LogP contribution in [0.4, 0.5) is 0 Å². The van der Waals surface area contributed by atoms with Gasteiger partial charge in [0, 0.05) is 13.1 Å². The topological polar surface area (TPSA) is 41.3 Å². The van der Waals surface area contributed by atoms with Crippen LogP contribution in [0.5, 0.6) is 0 Å². The first-order chi connectivity index (χ1) is 15.9. The van der Waals surface area contributed by atoms with Crippen LogP contribution in [0.3, 0.4) is 0 Å². The molecule has 0 atom stereocenters. The molecule has 0 spiro atoms. The summed E-state index contributed by atoms with van der Waals surface area (Å²) in [6.07, 6.45) is 14.8. The molecule has 3 heteroatoms. The molecule has 32 heavy (non-hydrogen) atoms. The zero-order valence-electron chi connectivity index (χ0n) is 20.3. The van der Waals surface area contributed by atoms with E-state index in [2.05, 4.69) is 70.9 Å². The molecule has 178 valence electrons. The third-order valence-corrected chi connectivity index (χ3v) is 6.13. The molecule has 0 saturated heterocycles. The lowest BCUT2D eigenvalue weighted by atomic mass is 10.1. The number of nitrogens with two attached hydrogens (primary N) is 1. The monoisotopic (exact) mass is 437 g/mol. The summed E-state index contributed by atoms with van der Waals surface area (Å²) in [6.45, 7) is 6.30. The van der Waals surface area contributed by atoms with Gasteiger partial charge in [-0.15, -0.1) is 0 Å². The van der Waals surface area contributed by atoms with Gasteiger partial charge in [-0.2, -0.15) is 0 Å². The van der Waals surface area contributed by atoms with Crippen molar-refractivity contribution in [3.05, 3.63) is 71.8 Å². The Morgan fingerprint density at radius 1 is 0.531 bits per heavy atom. The van der Waals surface area contributed by atoms with Gasteiger partial charge in [0.1, 0.15) is 0 Å². The second-order valence-electron chi connectivity index (χ2n) is 9.11. The Kier molecular flexibility index (Phi) is 15.7. The average molecular weight is 438 g/mol. The third-order valence-electron chi connectivity index (χ3n) is 6.13. The standard InChI is InChI=1S/C29H47N3/c30-22-17-24-31-23-15-7-5-3-1-2-4-6-8-16-25-32(26-28-18-11-9-12-19-28)27-29-20-13-10-14-21-29/h9-14,18-21,31H,1-8,15-17,22-27,30H2. The molecule has 2 rings (SSSR count). The minimum Gasteiger partial charge on any atom is -0.330 e. The Bertz CT molecular complexity index is 602. The molecule has 2 aromatic carbocycles. The normalized spacial score (nSPS) is 11.3. The number of rotatable bonds is 20. The minimum atomic E-state index is 0.798. The highest BCUT2D eigenvalue weighted by Crippen LogP contribution is 2.14. The minimum absolute atomic E-state index is 0.798. The Balaban J connectivity index is 1.49. The van der Waals surface area contributed by atoms with E-state index in [-0.39, 0.29) is 0 Å². The number of nitrogens with one attached hydrogen (secondary N) is 1. The molecule has 0 aliphatic rings. The molecule has 0 radical (unpaired) electrons. The fourth-order valence-corrected chi connectivity index (χ4v) is 4.25. The molecular formula is C29H47N3. The highest BCUT2D eigenvalue weighted by Gasteiger charge is 2.07. The average Bonchev–Trinajstić information content (AvgIpc) is 2.83. The first kappa shape index (κ1) is 26.6. The first-order valence-electron chi connectivity index (χ1n) is 13.1. The van der Waals surface area contributed by atoms with Gasteiger partial charge >= 0.3 is 0 Å². The highest BCUT2D eigenvalue weighted by atomic mass is 15.1. The van der Waals surface area contributed by atoms with Gasteiger partial charge in [0.25, 0.3) is 0 Å². The van der Waals surface area contributed by atoms with Crippen LogP contribution in [0.2, 0.25) is 0 Å². The van der Waals surface area contributed by atoms with E-state index < -0.39 is 0 Å². The summed E-state index contributed by atoms with van der Waals surface area (Å²) in [6, 6.07) is 21.8. The fourth-order valence-electron chi connectivity index (χ4n) is 4.25. The predicted octanol–water partition coefficient (Wildman–Crippen LogP) is 6.53. The first-order valence-corrected chi connectivity index (χ1v) is 13.1. The molecular weight excluding hydrogens is 390 g/mol. The van der Waals surface area contributed by atoms with Gasteiger partial charge in [-0.1, -0.05) is 112 Å². The number of hydrogen-bond donors (Lipinski definition) is 2. The Labute approximate surface area is 197 Å². The van der Waals surface area contributed by atoms with Crippen molar-refractivity contribution in [1.82, 2.24) is 10.2 Å². The molecule has 0 fully saturated rings. The second-order valence-corrected chi connectivity index (χ2v) is 9.11. The van der Waals surface area contributed by atoms with Crippen molar-refractivity contribution in [2.24, 2.45) is 5.73 Å². The molecule has 0 saturated carbocycles. The lowest BCUT2D eigenvalue weighted by molar-refractivity contribution is 0.250. The van der Waals surface area contributed by atoms with Gasteiger partial charge in [0.2, 0.25) is 0 Å². The summed E-state index contributed by atoms with van der Waals surface area (Å²) >= 11 is 0. The molecule has 3 nitrogen and oxygen atoms in total. The second kappa shape index (κ2) is 18.8. The third kappa shape index (κ3) is 13.7. The van der Waals surface area contributed by atoms with Crippen LogP contribution in [-0.2, 0) is 13.1 Å². The van der Waals surface area contributed by atoms with E-state index in [1.807, 2.05) is 0 Å². The van der Waals surface area contributed by atoms with Gasteiger partial charge < -0.3 is 11.1 Å². The lowest BCUT2D eigenvalue weighted by Crippen LogP contribution is -2.24. The van der Waals surface area contributed by atoms with Crippen LogP contribution < -0.4 is 11.1 Å². The summed E-state index contributed by atoms with van der Waals surface area (Å²) in [5, 5.41) is 3.47. The van der Waals surface area contributed by atoms with Crippen molar-refractivity contribution in [2.75, 3.05) is 26.2 Å². The maximum absolute atomic E-state index is 5.50. The summed E-state index contributed by atoms with van der Waals surface area (Å²) in [5.41, 5.74) is 8.33. The van der Waals surface area contributed by atoms with Crippen molar-refractivity contribution >= 4 is 0 Å². The fraction of sp³-hybridized carbons (Fsp3) is 0.586. The van der Waals surface area contributed by atoms with Crippen LogP contribution in [0.1, 0.15) is 81.8 Å². The van der Waals surface area contributed by atoms with Crippen molar-refractivity contribution in [3.8, 4) is 0 Å². The molecule has 0 bridgehead atoms. The number of hydrogen-bond acceptors (Lipinski definition) is 3. The Morgan fingerprint density at radius 2 is 0.969 bits per heavy atom. The largest absolute Gasteiger partial charge is 0.330 e. The quantitative estimate of drug-likeness (QED) is 0.231. The van der Waals surface area contributed by atoms with Crippen molar-refractivity contribution in [3.63, 3.8) is 0 Å². The van der Waals surface area contributed by atoms with Crippen LogP contribution in [-0.4, -0.2) is 31.1 Å². The van der Waals surface area contributed by atoms with E-state index in [0.717, 1.165) is 39.1 Å². The van der Waals surface area contributed by atoms with E-state index >= 15 is 0 Å². The molecule has 0 aromatic heterocycles. The number of benzene rings is 2. The van der Waals surface area contributed by atoms with Crippen molar-refractivity contribution in [1.29, 1.82) is 0 Å². The molecule has 0 heterocycles. The summed E-state index contributed by atoms with van der Waals surface area (Å²) in [4.78, 5) is 2.61. The maximum atomic E-state index is 5.50. The van der Waals surface area contributed by atoms with Crippen molar-refractivity contribution in [2.45, 2.75) is 83.7 Å². The SMILES string of the molecule is NCCCNCCCCCCCCCCCCN(Cc1ccccc1)Cc1ccccc1. The number of unbranched alkanes of at least 4 members (excludes halogenated alkanes) is 9. The van der Waals surface area contributed by atoms with E-state index in [1.54, 1.807) is 0 Å². The highest BCUT2D eigenvalue weighted by molar-refractivity contribution is 5.17.